The number of hydrogen-bond acceptors (Lipinski definition) is 4. The fourth-order valence-corrected chi connectivity index (χ4v) is 2.17. The molecule has 0 aromatic rings. The number of aliphatic hydroxyl groups excluding tert-OH is 3. The van der Waals surface area contributed by atoms with Crippen LogP contribution in [0, 0.1) is 11.8 Å². The number of aliphatic hydroxyl groups is 3. The van der Waals surface area contributed by atoms with E-state index in [2.05, 4.69) is 0 Å². The van der Waals surface area contributed by atoms with Crippen LogP contribution in [0.1, 0.15) is 20.3 Å². The summed E-state index contributed by atoms with van der Waals surface area (Å²) in [6.07, 6.45) is -0.425. The largest absolute Gasteiger partial charge is 0.394 e. The minimum absolute atomic E-state index is 0.0298. The topological polar surface area (TPSA) is 86.5 Å². The molecule has 3 unspecified atom stereocenters. The van der Waals surface area contributed by atoms with E-state index >= 15 is 0 Å². The maximum Gasteiger partial charge on any atom is 0.0863 e. The highest BCUT2D eigenvalue weighted by atomic mass is 16.5. The first-order valence-corrected chi connectivity index (χ1v) is 6.36. The minimum Gasteiger partial charge on any atom is -0.394 e. The fraction of sp³-hybridized carbons (Fsp3) is 1.00. The molecule has 1 aliphatic rings. The van der Waals surface area contributed by atoms with E-state index < -0.39 is 6.10 Å². The molecule has 1 rings (SSSR count). The molecule has 17 heavy (non-hydrogen) atoms. The van der Waals surface area contributed by atoms with Crippen LogP contribution in [0.3, 0.4) is 0 Å². The van der Waals surface area contributed by atoms with Crippen molar-refractivity contribution < 1.29 is 25.4 Å². The average Bonchev–Trinajstić information content (AvgIpc) is 2.33. The molecular formula is C12H28NO4+. The monoisotopic (exact) mass is 250 g/mol. The molecule has 0 aliphatic carbocycles. The van der Waals surface area contributed by atoms with Crippen LogP contribution in [-0.4, -0.2) is 60.9 Å². The van der Waals surface area contributed by atoms with Gasteiger partial charge in [0.15, 0.2) is 0 Å². The Bertz CT molecular complexity index is 189. The van der Waals surface area contributed by atoms with Crippen molar-refractivity contribution in [2.24, 2.45) is 11.8 Å². The van der Waals surface area contributed by atoms with Crippen LogP contribution < -0.4 is 5.32 Å². The number of quaternary nitrogens is 1. The Morgan fingerprint density at radius 3 is 1.94 bits per heavy atom. The van der Waals surface area contributed by atoms with Gasteiger partial charge in [0.2, 0.25) is 0 Å². The van der Waals surface area contributed by atoms with Crippen molar-refractivity contribution in [2.45, 2.75) is 38.6 Å². The van der Waals surface area contributed by atoms with E-state index in [0.717, 1.165) is 6.42 Å². The van der Waals surface area contributed by atoms with Crippen LogP contribution in [0.15, 0.2) is 0 Å². The standard InChI is InChI=1S/C10H20O4.C2H7N/c1-3-7-9(5-12)14-8(4-11)6(2)10(7)13;1-3-2/h6-13H,3-5H2,1-2H3;3H,1-2H3/p+1/t6?,7-,8+,9?,10?;/m1./s1. The lowest BCUT2D eigenvalue weighted by Crippen LogP contribution is -2.74. The second-order valence-electron chi connectivity index (χ2n) is 4.58. The van der Waals surface area contributed by atoms with E-state index in [9.17, 15) is 5.11 Å². The third-order valence-electron chi connectivity index (χ3n) is 3.22. The first-order valence-electron chi connectivity index (χ1n) is 6.36. The van der Waals surface area contributed by atoms with E-state index in [1.165, 1.54) is 0 Å². The predicted molar refractivity (Wildman–Crippen MR) is 65.6 cm³/mol. The lowest BCUT2D eigenvalue weighted by Gasteiger charge is -2.42. The van der Waals surface area contributed by atoms with E-state index in [4.69, 9.17) is 14.9 Å². The van der Waals surface area contributed by atoms with E-state index in [0.29, 0.717) is 0 Å². The zero-order valence-electron chi connectivity index (χ0n) is 11.3. The summed E-state index contributed by atoms with van der Waals surface area (Å²) >= 11 is 0. The van der Waals surface area contributed by atoms with Crippen LogP contribution in [0.2, 0.25) is 0 Å². The van der Waals surface area contributed by atoms with Gasteiger partial charge in [-0.3, -0.25) is 0 Å². The van der Waals surface area contributed by atoms with E-state index in [-0.39, 0.29) is 37.3 Å². The van der Waals surface area contributed by atoms with Crippen LogP contribution in [0.5, 0.6) is 0 Å². The van der Waals surface area contributed by atoms with Gasteiger partial charge in [-0.2, -0.15) is 0 Å². The molecule has 5 nitrogen and oxygen atoms in total. The second-order valence-corrected chi connectivity index (χ2v) is 4.58. The maximum absolute atomic E-state index is 9.94. The summed E-state index contributed by atoms with van der Waals surface area (Å²) in [6, 6.07) is 0. The van der Waals surface area contributed by atoms with Gasteiger partial charge in [0.25, 0.3) is 0 Å². The lowest BCUT2D eigenvalue weighted by atomic mass is 9.80. The Hall–Kier alpha value is -0.200. The summed E-state index contributed by atoms with van der Waals surface area (Å²) < 4.78 is 5.51. The molecule has 0 radical (unpaired) electrons. The van der Waals surface area contributed by atoms with Gasteiger partial charge >= 0.3 is 0 Å². The molecule has 1 fully saturated rings. The van der Waals surface area contributed by atoms with Crippen LogP contribution in [0.4, 0.5) is 0 Å². The zero-order valence-corrected chi connectivity index (χ0v) is 11.3. The molecule has 5 N–H and O–H groups in total. The molecule has 5 atom stereocenters. The molecule has 5 heteroatoms. The molecular weight excluding hydrogens is 222 g/mol. The molecule has 0 saturated carbocycles. The molecule has 1 heterocycles. The molecule has 1 aliphatic heterocycles. The van der Waals surface area contributed by atoms with Crippen molar-refractivity contribution in [1.82, 2.24) is 0 Å². The maximum atomic E-state index is 9.94. The molecule has 0 aromatic carbocycles. The molecule has 0 amide bonds. The van der Waals surface area contributed by atoms with Gasteiger partial charge in [0.05, 0.1) is 45.6 Å². The number of rotatable bonds is 3. The van der Waals surface area contributed by atoms with Crippen LogP contribution >= 0.6 is 0 Å². The molecule has 0 aromatic heterocycles. The number of hydrogen-bond donors (Lipinski definition) is 4. The Balaban J connectivity index is 0.000000770. The third-order valence-corrected chi connectivity index (χ3v) is 3.22. The van der Waals surface area contributed by atoms with Gasteiger partial charge in [0.1, 0.15) is 0 Å². The van der Waals surface area contributed by atoms with Gasteiger partial charge in [-0.25, -0.2) is 0 Å². The first kappa shape index (κ1) is 16.8. The van der Waals surface area contributed by atoms with Gasteiger partial charge in [-0.1, -0.05) is 13.8 Å². The molecule has 0 spiro atoms. The zero-order chi connectivity index (χ0) is 13.4. The quantitative estimate of drug-likeness (QED) is 0.495. The summed E-state index contributed by atoms with van der Waals surface area (Å²) in [4.78, 5) is 0. The van der Waals surface area contributed by atoms with E-state index in [1.54, 1.807) is 0 Å². The van der Waals surface area contributed by atoms with Crippen molar-refractivity contribution >= 4 is 0 Å². The highest BCUT2D eigenvalue weighted by molar-refractivity contribution is 4.88. The summed E-state index contributed by atoms with van der Waals surface area (Å²) in [5.74, 6) is -0.106. The molecule has 0 bridgehead atoms. The normalized spacial score (nSPS) is 37.2. The third kappa shape index (κ3) is 4.52. The summed E-state index contributed by atoms with van der Waals surface area (Å²) in [5.41, 5.74) is 0. The van der Waals surface area contributed by atoms with Crippen LogP contribution in [-0.2, 0) is 4.74 Å². The van der Waals surface area contributed by atoms with Crippen molar-refractivity contribution in [3.8, 4) is 0 Å². The Labute approximate surface area is 104 Å². The Morgan fingerprint density at radius 1 is 1.12 bits per heavy atom. The summed E-state index contributed by atoms with van der Waals surface area (Å²) in [5, 5.41) is 30.1. The van der Waals surface area contributed by atoms with Crippen molar-refractivity contribution in [1.29, 1.82) is 0 Å². The van der Waals surface area contributed by atoms with Crippen molar-refractivity contribution in [3.63, 3.8) is 0 Å². The van der Waals surface area contributed by atoms with Crippen molar-refractivity contribution in [3.05, 3.63) is 0 Å². The fourth-order valence-electron chi connectivity index (χ4n) is 2.17. The van der Waals surface area contributed by atoms with Crippen LogP contribution in [0.25, 0.3) is 0 Å². The lowest BCUT2D eigenvalue weighted by molar-refractivity contribution is -0.597. The minimum atomic E-state index is -0.497. The summed E-state index contributed by atoms with van der Waals surface area (Å²) in [6.45, 7) is 3.62. The molecule has 1 saturated heterocycles. The van der Waals surface area contributed by atoms with Gasteiger partial charge in [-0.15, -0.1) is 0 Å². The van der Waals surface area contributed by atoms with Crippen molar-refractivity contribution in [2.75, 3.05) is 27.3 Å². The Kier molecular flexibility index (Phi) is 8.72. The summed E-state index contributed by atoms with van der Waals surface area (Å²) in [7, 11) is 4.00. The SMILES string of the molecule is CC[C@@H]1C(CO)O[C@@H](CO)C(C)C1O.C[NH2+]C. The average molecular weight is 250 g/mol. The first-order chi connectivity index (χ1) is 8.06. The highest BCUT2D eigenvalue weighted by Gasteiger charge is 2.41. The van der Waals surface area contributed by atoms with Gasteiger partial charge in [0, 0.05) is 11.8 Å². The molecule has 104 valence electrons. The van der Waals surface area contributed by atoms with E-state index in [1.807, 2.05) is 33.3 Å². The second kappa shape index (κ2) is 8.83. The number of nitrogens with two attached hydrogens (primary N) is 1. The highest BCUT2D eigenvalue weighted by Crippen LogP contribution is 2.31. The van der Waals surface area contributed by atoms with Gasteiger partial charge < -0.3 is 25.4 Å². The Morgan fingerprint density at radius 2 is 1.59 bits per heavy atom. The smallest absolute Gasteiger partial charge is 0.0863 e. The number of ether oxygens (including phenoxy) is 1. The van der Waals surface area contributed by atoms with Gasteiger partial charge in [-0.05, 0) is 6.42 Å². The predicted octanol–water partition coefficient (Wildman–Crippen LogP) is -1.43.